The lowest BCUT2D eigenvalue weighted by Crippen LogP contribution is -2.40. The topological polar surface area (TPSA) is 77.2 Å². The van der Waals surface area contributed by atoms with Crippen molar-refractivity contribution in [3.63, 3.8) is 0 Å². The Morgan fingerprint density at radius 2 is 2.13 bits per heavy atom. The molecule has 2 aromatic rings. The third kappa shape index (κ3) is 5.59. The number of thioether (sulfide) groups is 1. The smallest absolute Gasteiger partial charge is 0.276 e. The van der Waals surface area contributed by atoms with E-state index in [2.05, 4.69) is 15.5 Å². The second-order valence-electron chi connectivity index (χ2n) is 6.00. The van der Waals surface area contributed by atoms with Crippen LogP contribution in [-0.4, -0.2) is 34.5 Å². The summed E-state index contributed by atoms with van der Waals surface area (Å²) in [6.07, 6.45) is 0.402. The van der Waals surface area contributed by atoms with Crippen molar-refractivity contribution in [2.24, 2.45) is 0 Å². The molecule has 1 aromatic carbocycles. The first kappa shape index (κ1) is 17.3. The van der Waals surface area contributed by atoms with Gasteiger partial charge >= 0.3 is 0 Å². The fraction of sp³-hybridized carbons (Fsp3) is 0.438. The Balaban J connectivity index is 1.89. The molecule has 0 spiro atoms. The fourth-order valence-corrected chi connectivity index (χ4v) is 2.55. The molecular formula is C16H21N3O3S. The van der Waals surface area contributed by atoms with Gasteiger partial charge in [0.05, 0.1) is 7.11 Å². The van der Waals surface area contributed by atoms with Gasteiger partial charge in [-0.1, -0.05) is 17.8 Å². The first-order valence-corrected chi connectivity index (χ1v) is 8.28. The van der Waals surface area contributed by atoms with Gasteiger partial charge in [-0.3, -0.25) is 4.79 Å². The summed E-state index contributed by atoms with van der Waals surface area (Å²) in [6, 6.07) is 7.42. The summed E-state index contributed by atoms with van der Waals surface area (Å²) in [5.41, 5.74) is 0.584. The van der Waals surface area contributed by atoms with Gasteiger partial charge in [0.1, 0.15) is 5.75 Å². The van der Waals surface area contributed by atoms with Crippen LogP contribution in [0.25, 0.3) is 11.5 Å². The summed E-state index contributed by atoms with van der Waals surface area (Å²) in [7, 11) is 1.61. The van der Waals surface area contributed by atoms with Gasteiger partial charge in [-0.15, -0.1) is 10.2 Å². The number of amides is 1. The van der Waals surface area contributed by atoms with Crippen molar-refractivity contribution < 1.29 is 13.9 Å². The third-order valence-corrected chi connectivity index (χ3v) is 3.61. The van der Waals surface area contributed by atoms with E-state index in [1.165, 1.54) is 11.8 Å². The maximum atomic E-state index is 11.7. The maximum absolute atomic E-state index is 11.7. The van der Waals surface area contributed by atoms with Crippen LogP contribution in [0.15, 0.2) is 33.9 Å². The van der Waals surface area contributed by atoms with Gasteiger partial charge in [-0.2, -0.15) is 0 Å². The van der Waals surface area contributed by atoms with Crippen LogP contribution in [-0.2, 0) is 4.79 Å². The molecule has 1 aromatic heterocycles. The van der Waals surface area contributed by atoms with E-state index in [-0.39, 0.29) is 11.4 Å². The maximum Gasteiger partial charge on any atom is 0.276 e. The molecule has 0 fully saturated rings. The second kappa shape index (κ2) is 7.50. The minimum absolute atomic E-state index is 0.0116. The summed E-state index contributed by atoms with van der Waals surface area (Å²) in [5, 5.41) is 11.4. The highest BCUT2D eigenvalue weighted by atomic mass is 32.2. The second-order valence-corrected chi connectivity index (χ2v) is 7.05. The zero-order valence-electron chi connectivity index (χ0n) is 13.8. The van der Waals surface area contributed by atoms with E-state index in [4.69, 9.17) is 9.15 Å². The van der Waals surface area contributed by atoms with Crippen molar-refractivity contribution in [1.82, 2.24) is 15.5 Å². The van der Waals surface area contributed by atoms with E-state index in [0.717, 1.165) is 11.3 Å². The number of ether oxygens (including phenoxy) is 1. The number of methoxy groups -OCH3 is 1. The van der Waals surface area contributed by atoms with Crippen molar-refractivity contribution in [3.05, 3.63) is 24.3 Å². The zero-order chi connectivity index (χ0) is 16.9. The van der Waals surface area contributed by atoms with Gasteiger partial charge in [-0.05, 0) is 39.0 Å². The first-order valence-electron chi connectivity index (χ1n) is 7.29. The quantitative estimate of drug-likeness (QED) is 0.817. The molecule has 0 aliphatic carbocycles. The number of nitrogens with zero attached hydrogens (tertiary/aromatic N) is 2. The number of hydrogen-bond acceptors (Lipinski definition) is 6. The van der Waals surface area contributed by atoms with Crippen LogP contribution < -0.4 is 10.1 Å². The minimum Gasteiger partial charge on any atom is -0.497 e. The molecule has 124 valence electrons. The molecule has 6 nitrogen and oxygen atoms in total. The van der Waals surface area contributed by atoms with Crippen LogP contribution in [0.5, 0.6) is 5.75 Å². The summed E-state index contributed by atoms with van der Waals surface area (Å²) in [5.74, 6) is 1.76. The van der Waals surface area contributed by atoms with Gasteiger partial charge in [0.15, 0.2) is 0 Å². The lowest BCUT2D eigenvalue weighted by atomic mass is 10.1. The number of carbonyl (C=O) groups excluding carboxylic acids is 1. The molecule has 7 heteroatoms. The van der Waals surface area contributed by atoms with Gasteiger partial charge in [0.2, 0.25) is 11.8 Å². The lowest BCUT2D eigenvalue weighted by molar-refractivity contribution is -0.122. The van der Waals surface area contributed by atoms with Crippen LogP contribution in [0, 0.1) is 0 Å². The highest BCUT2D eigenvalue weighted by Gasteiger charge is 2.14. The summed E-state index contributed by atoms with van der Waals surface area (Å²) >= 11 is 1.37. The normalized spacial score (nSPS) is 11.3. The van der Waals surface area contributed by atoms with E-state index < -0.39 is 0 Å². The summed E-state index contributed by atoms with van der Waals surface area (Å²) in [6.45, 7) is 5.86. The van der Waals surface area contributed by atoms with E-state index in [9.17, 15) is 4.79 Å². The molecule has 0 saturated carbocycles. The molecular weight excluding hydrogens is 314 g/mol. The molecule has 0 aliphatic rings. The number of nitrogens with one attached hydrogen (secondary N) is 1. The van der Waals surface area contributed by atoms with Crippen molar-refractivity contribution in [3.8, 4) is 17.2 Å². The Bertz CT molecular complexity index is 665. The standard InChI is InChI=1S/C16H21N3O3S/c1-16(2,3)17-13(20)8-9-23-15-19-18-14(22-15)11-6-5-7-12(10-11)21-4/h5-7,10H,8-9H2,1-4H3,(H,17,20). The van der Waals surface area contributed by atoms with Crippen LogP contribution >= 0.6 is 11.8 Å². The molecule has 0 radical (unpaired) electrons. The van der Waals surface area contributed by atoms with E-state index >= 15 is 0 Å². The molecule has 2 rings (SSSR count). The Morgan fingerprint density at radius 3 is 2.83 bits per heavy atom. The Kier molecular flexibility index (Phi) is 5.65. The van der Waals surface area contributed by atoms with Crippen LogP contribution in [0.3, 0.4) is 0 Å². The largest absolute Gasteiger partial charge is 0.497 e. The van der Waals surface area contributed by atoms with Crippen molar-refractivity contribution >= 4 is 17.7 Å². The van der Waals surface area contributed by atoms with Gasteiger partial charge in [0, 0.05) is 23.3 Å². The first-order chi connectivity index (χ1) is 10.9. The van der Waals surface area contributed by atoms with E-state index in [1.807, 2.05) is 45.0 Å². The van der Waals surface area contributed by atoms with Crippen molar-refractivity contribution in [2.45, 2.75) is 38.0 Å². The van der Waals surface area contributed by atoms with E-state index in [1.54, 1.807) is 7.11 Å². The van der Waals surface area contributed by atoms with Gasteiger partial charge in [-0.25, -0.2) is 0 Å². The number of carbonyl (C=O) groups is 1. The van der Waals surface area contributed by atoms with E-state index in [0.29, 0.717) is 23.3 Å². The van der Waals surface area contributed by atoms with Crippen LogP contribution in [0.4, 0.5) is 0 Å². The predicted octanol–water partition coefficient (Wildman–Crippen LogP) is 3.14. The lowest BCUT2D eigenvalue weighted by Gasteiger charge is -2.20. The molecule has 0 atom stereocenters. The molecule has 0 aliphatic heterocycles. The molecule has 0 saturated heterocycles. The van der Waals surface area contributed by atoms with Crippen LogP contribution in [0.1, 0.15) is 27.2 Å². The highest BCUT2D eigenvalue weighted by Crippen LogP contribution is 2.26. The molecule has 1 N–H and O–H groups in total. The fourth-order valence-electron chi connectivity index (χ4n) is 1.85. The number of hydrogen-bond donors (Lipinski definition) is 1. The minimum atomic E-state index is -0.216. The highest BCUT2D eigenvalue weighted by molar-refractivity contribution is 7.99. The number of rotatable bonds is 6. The number of benzene rings is 1. The average molecular weight is 335 g/mol. The van der Waals surface area contributed by atoms with Crippen molar-refractivity contribution in [1.29, 1.82) is 0 Å². The molecule has 23 heavy (non-hydrogen) atoms. The third-order valence-electron chi connectivity index (χ3n) is 2.79. The Labute approximate surface area is 140 Å². The van der Waals surface area contributed by atoms with Crippen LogP contribution in [0.2, 0.25) is 0 Å². The zero-order valence-corrected chi connectivity index (χ0v) is 14.6. The molecule has 1 amide bonds. The summed E-state index contributed by atoms with van der Waals surface area (Å²) in [4.78, 5) is 11.7. The monoisotopic (exact) mass is 335 g/mol. The Morgan fingerprint density at radius 1 is 1.35 bits per heavy atom. The average Bonchev–Trinajstić information content (AvgIpc) is 2.94. The van der Waals surface area contributed by atoms with Gasteiger partial charge in [0.25, 0.3) is 5.22 Å². The molecule has 0 bridgehead atoms. The number of aromatic nitrogens is 2. The molecule has 1 heterocycles. The summed E-state index contributed by atoms with van der Waals surface area (Å²) < 4.78 is 10.8. The van der Waals surface area contributed by atoms with Gasteiger partial charge < -0.3 is 14.5 Å². The predicted molar refractivity (Wildman–Crippen MR) is 89.5 cm³/mol. The van der Waals surface area contributed by atoms with Crippen molar-refractivity contribution in [2.75, 3.05) is 12.9 Å². The SMILES string of the molecule is COc1cccc(-c2nnc(SCCC(=O)NC(C)(C)C)o2)c1. The Hall–Kier alpha value is -2.02. The molecule has 0 unspecified atom stereocenters.